The summed E-state index contributed by atoms with van der Waals surface area (Å²) in [5.41, 5.74) is 1.51. The highest BCUT2D eigenvalue weighted by Crippen LogP contribution is 2.45. The zero-order chi connectivity index (χ0) is 17.5. The molecule has 2 fully saturated rings. The molecule has 3 rings (SSSR count). The van der Waals surface area contributed by atoms with Crippen LogP contribution in [0.2, 0.25) is 0 Å². The van der Waals surface area contributed by atoms with Gasteiger partial charge in [0.2, 0.25) is 0 Å². The molecule has 0 spiro atoms. The van der Waals surface area contributed by atoms with Crippen molar-refractivity contribution >= 4 is 0 Å². The number of fused-ring (bicyclic) bond motifs is 2. The third-order valence-corrected chi connectivity index (χ3v) is 6.00. The molecular formula is C20H30O4. The zero-order valence-electron chi connectivity index (χ0n) is 14.9. The normalized spacial score (nSPS) is 46.5. The predicted molar refractivity (Wildman–Crippen MR) is 93.7 cm³/mol. The van der Waals surface area contributed by atoms with Crippen molar-refractivity contribution in [2.75, 3.05) is 6.61 Å². The van der Waals surface area contributed by atoms with Crippen molar-refractivity contribution in [3.05, 3.63) is 36.0 Å². The molecule has 0 bridgehead atoms. The molecule has 0 radical (unpaired) electrons. The van der Waals surface area contributed by atoms with Gasteiger partial charge >= 0.3 is 0 Å². The molecule has 4 heteroatoms. The molecule has 2 N–H and O–H groups in total. The van der Waals surface area contributed by atoms with Crippen LogP contribution in [0.3, 0.4) is 0 Å². The van der Waals surface area contributed by atoms with Gasteiger partial charge in [-0.1, -0.05) is 24.8 Å². The second-order valence-corrected chi connectivity index (χ2v) is 7.94. The van der Waals surface area contributed by atoms with Crippen molar-refractivity contribution < 1.29 is 19.7 Å². The Labute approximate surface area is 144 Å². The Balaban J connectivity index is 1.80. The highest BCUT2D eigenvalue weighted by atomic mass is 16.6. The number of aliphatic hydroxyl groups excluding tert-OH is 1. The lowest BCUT2D eigenvalue weighted by atomic mass is 9.83. The molecule has 5 atom stereocenters. The lowest BCUT2D eigenvalue weighted by molar-refractivity contribution is -0.00709. The van der Waals surface area contributed by atoms with E-state index in [0.29, 0.717) is 31.4 Å². The van der Waals surface area contributed by atoms with Gasteiger partial charge in [0, 0.05) is 0 Å². The molecule has 2 heterocycles. The van der Waals surface area contributed by atoms with Crippen LogP contribution < -0.4 is 0 Å². The molecule has 0 saturated carbocycles. The first-order chi connectivity index (χ1) is 11.2. The lowest BCUT2D eigenvalue weighted by Gasteiger charge is -2.29. The molecule has 2 saturated heterocycles. The fraction of sp³-hybridized carbons (Fsp3) is 0.700. The number of rotatable bonds is 0. The third kappa shape index (κ3) is 3.38. The van der Waals surface area contributed by atoms with Crippen LogP contribution in [0.1, 0.15) is 52.4 Å². The number of hydrogen-bond donors (Lipinski definition) is 2. The number of allylic oxidation sites excluding steroid dienone is 1. The molecule has 0 aromatic carbocycles. The quantitative estimate of drug-likeness (QED) is 0.528. The summed E-state index contributed by atoms with van der Waals surface area (Å²) in [7, 11) is 0. The van der Waals surface area contributed by atoms with Gasteiger partial charge in [-0.25, -0.2) is 0 Å². The van der Waals surface area contributed by atoms with E-state index in [1.165, 1.54) is 5.57 Å². The molecule has 1 aliphatic carbocycles. The van der Waals surface area contributed by atoms with Gasteiger partial charge < -0.3 is 19.7 Å². The minimum absolute atomic E-state index is 0.107. The van der Waals surface area contributed by atoms with Crippen molar-refractivity contribution in [3.8, 4) is 0 Å². The Kier molecular flexibility index (Phi) is 4.77. The molecule has 3 aliphatic rings. The molecule has 0 unspecified atom stereocenters. The fourth-order valence-electron chi connectivity index (χ4n) is 3.88. The van der Waals surface area contributed by atoms with Crippen LogP contribution in [0.15, 0.2) is 36.0 Å². The molecule has 0 amide bonds. The van der Waals surface area contributed by atoms with Crippen LogP contribution in [-0.4, -0.2) is 46.3 Å². The minimum Gasteiger partial charge on any atom is -0.389 e. The molecule has 0 aromatic heterocycles. The van der Waals surface area contributed by atoms with Gasteiger partial charge in [0.05, 0.1) is 24.4 Å². The number of hydrogen-bond acceptors (Lipinski definition) is 4. The molecular weight excluding hydrogens is 304 g/mol. The van der Waals surface area contributed by atoms with Gasteiger partial charge in [-0.3, -0.25) is 0 Å². The smallest absolute Gasteiger partial charge is 0.118 e. The average Bonchev–Trinajstić information content (AvgIpc) is 3.12. The van der Waals surface area contributed by atoms with Crippen LogP contribution in [0.25, 0.3) is 0 Å². The van der Waals surface area contributed by atoms with Crippen LogP contribution >= 0.6 is 0 Å². The molecule has 24 heavy (non-hydrogen) atoms. The van der Waals surface area contributed by atoms with E-state index in [2.05, 4.69) is 27.0 Å². The summed E-state index contributed by atoms with van der Waals surface area (Å²) >= 11 is 0. The maximum Gasteiger partial charge on any atom is 0.118 e. The van der Waals surface area contributed by atoms with Crippen LogP contribution in [0.5, 0.6) is 0 Å². The topological polar surface area (TPSA) is 62.2 Å². The Morgan fingerprint density at radius 3 is 2.71 bits per heavy atom. The van der Waals surface area contributed by atoms with Crippen molar-refractivity contribution in [1.29, 1.82) is 0 Å². The molecule has 0 aromatic rings. The second kappa shape index (κ2) is 6.41. The standard InChI is InChI=1S/C20H30O4/c1-13-5-6-17-19(4,24-17)9-8-16(21)14(2)7-10-20(22)15(3)12-23-18(20)11-13/h11,16-18,21-22H,2-3,5-10,12H2,1,4H3/b13-11+/t16-,17-,18+,19-,20-/m1/s1. The summed E-state index contributed by atoms with van der Waals surface area (Å²) < 4.78 is 11.6. The highest BCUT2D eigenvalue weighted by molar-refractivity contribution is 5.27. The van der Waals surface area contributed by atoms with Crippen LogP contribution in [-0.2, 0) is 9.47 Å². The molecule has 2 aliphatic heterocycles. The van der Waals surface area contributed by atoms with E-state index in [9.17, 15) is 10.2 Å². The predicted octanol–water partition coefficient (Wildman–Crippen LogP) is 3.05. The van der Waals surface area contributed by atoms with E-state index in [1.54, 1.807) is 0 Å². The van der Waals surface area contributed by atoms with E-state index in [1.807, 2.05) is 6.08 Å². The SMILES string of the molecule is C=C1CC[C@@]2(O)C(=C)CO[C@H]2/C=C(\C)CC[C@H]2O[C@]2(C)CC[C@H]1O. The zero-order valence-corrected chi connectivity index (χ0v) is 14.9. The summed E-state index contributed by atoms with van der Waals surface area (Å²) in [6, 6.07) is 0. The summed E-state index contributed by atoms with van der Waals surface area (Å²) in [4.78, 5) is 0. The third-order valence-electron chi connectivity index (χ3n) is 6.00. The maximum atomic E-state index is 11.1. The fourth-order valence-corrected chi connectivity index (χ4v) is 3.88. The van der Waals surface area contributed by atoms with Gasteiger partial charge in [0.15, 0.2) is 0 Å². The number of epoxide rings is 1. The van der Waals surface area contributed by atoms with E-state index < -0.39 is 11.7 Å². The lowest BCUT2D eigenvalue weighted by Crippen LogP contribution is -2.39. The van der Waals surface area contributed by atoms with Crippen molar-refractivity contribution in [3.63, 3.8) is 0 Å². The highest BCUT2D eigenvalue weighted by Gasteiger charge is 2.51. The number of ether oxygens (including phenoxy) is 2. The van der Waals surface area contributed by atoms with E-state index in [-0.39, 0.29) is 17.8 Å². The van der Waals surface area contributed by atoms with Crippen LogP contribution in [0.4, 0.5) is 0 Å². The van der Waals surface area contributed by atoms with E-state index in [0.717, 1.165) is 24.8 Å². The first kappa shape index (κ1) is 17.9. The summed E-state index contributed by atoms with van der Waals surface area (Å²) in [5.74, 6) is 0. The summed E-state index contributed by atoms with van der Waals surface area (Å²) in [5, 5.41) is 21.5. The summed E-state index contributed by atoms with van der Waals surface area (Å²) in [6.07, 6.45) is 5.78. The Morgan fingerprint density at radius 1 is 1.21 bits per heavy atom. The van der Waals surface area contributed by atoms with E-state index in [4.69, 9.17) is 9.47 Å². The van der Waals surface area contributed by atoms with Gasteiger partial charge in [0.25, 0.3) is 0 Å². The maximum absolute atomic E-state index is 11.1. The minimum atomic E-state index is -1.07. The Morgan fingerprint density at radius 2 is 1.96 bits per heavy atom. The Hall–Kier alpha value is -0.940. The Bertz CT molecular complexity index is 566. The average molecular weight is 334 g/mol. The van der Waals surface area contributed by atoms with Crippen molar-refractivity contribution in [2.24, 2.45) is 0 Å². The monoisotopic (exact) mass is 334 g/mol. The molecule has 134 valence electrons. The van der Waals surface area contributed by atoms with E-state index >= 15 is 0 Å². The number of aliphatic hydroxyl groups is 2. The first-order valence-corrected chi connectivity index (χ1v) is 8.98. The van der Waals surface area contributed by atoms with Gasteiger partial charge in [-0.15, -0.1) is 0 Å². The molecule has 4 nitrogen and oxygen atoms in total. The van der Waals surface area contributed by atoms with Gasteiger partial charge in [0.1, 0.15) is 11.7 Å². The van der Waals surface area contributed by atoms with Crippen LogP contribution in [0, 0.1) is 0 Å². The van der Waals surface area contributed by atoms with Gasteiger partial charge in [-0.2, -0.15) is 0 Å². The summed E-state index contributed by atoms with van der Waals surface area (Å²) in [6.45, 7) is 12.6. The first-order valence-electron chi connectivity index (χ1n) is 8.98. The van der Waals surface area contributed by atoms with Crippen molar-refractivity contribution in [2.45, 2.75) is 81.9 Å². The van der Waals surface area contributed by atoms with Crippen molar-refractivity contribution in [1.82, 2.24) is 0 Å². The second-order valence-electron chi connectivity index (χ2n) is 7.94. The largest absolute Gasteiger partial charge is 0.389 e. The van der Waals surface area contributed by atoms with Gasteiger partial charge in [-0.05, 0) is 63.5 Å².